The number of para-hydroxylation sites is 2. The highest BCUT2D eigenvalue weighted by Crippen LogP contribution is 2.39. The average Bonchev–Trinajstić information content (AvgIpc) is 3.25. The van der Waals surface area contributed by atoms with Gasteiger partial charge in [0.05, 0.1) is 18.5 Å². The van der Waals surface area contributed by atoms with Crippen molar-refractivity contribution in [2.75, 3.05) is 30.0 Å². The van der Waals surface area contributed by atoms with Crippen molar-refractivity contribution in [3.05, 3.63) is 54.1 Å². The number of amides is 2. The van der Waals surface area contributed by atoms with Crippen LogP contribution in [0.2, 0.25) is 0 Å². The van der Waals surface area contributed by atoms with Crippen LogP contribution in [0.15, 0.2) is 48.5 Å². The molecule has 0 saturated carbocycles. The second kappa shape index (κ2) is 8.55. The van der Waals surface area contributed by atoms with Crippen molar-refractivity contribution in [1.29, 1.82) is 0 Å². The number of fused-ring (bicyclic) bond motifs is 3. The predicted octanol–water partition coefficient (Wildman–Crippen LogP) is 3.11. The van der Waals surface area contributed by atoms with Gasteiger partial charge in [-0.25, -0.2) is 0 Å². The first-order valence-corrected chi connectivity index (χ1v) is 10.2. The SMILES string of the molecule is COc1ccc(CNC(=O)CCC(=O)N2CC3CCCN3c3ccccc32)cc1. The lowest BCUT2D eigenvalue weighted by Crippen LogP contribution is -2.48. The Hall–Kier alpha value is -3.02. The molecule has 2 aliphatic heterocycles. The summed E-state index contributed by atoms with van der Waals surface area (Å²) in [5, 5.41) is 2.89. The number of anilines is 2. The summed E-state index contributed by atoms with van der Waals surface area (Å²) in [6.07, 6.45) is 2.69. The molecule has 6 heteroatoms. The number of ether oxygens (including phenoxy) is 1. The average molecular weight is 393 g/mol. The van der Waals surface area contributed by atoms with Gasteiger partial charge in [-0.1, -0.05) is 24.3 Å². The largest absolute Gasteiger partial charge is 0.497 e. The van der Waals surface area contributed by atoms with Gasteiger partial charge < -0.3 is 19.9 Å². The van der Waals surface area contributed by atoms with Crippen molar-refractivity contribution in [3.8, 4) is 5.75 Å². The van der Waals surface area contributed by atoms with Crippen LogP contribution in [0, 0.1) is 0 Å². The summed E-state index contributed by atoms with van der Waals surface area (Å²) in [6.45, 7) is 2.21. The Balaban J connectivity index is 1.32. The van der Waals surface area contributed by atoms with Crippen LogP contribution < -0.4 is 19.9 Å². The van der Waals surface area contributed by atoms with E-state index in [0.717, 1.165) is 42.1 Å². The number of hydrogen-bond acceptors (Lipinski definition) is 4. The minimum absolute atomic E-state index is 0.0172. The lowest BCUT2D eigenvalue weighted by atomic mass is 10.1. The maximum absolute atomic E-state index is 12.9. The topological polar surface area (TPSA) is 61.9 Å². The molecule has 1 atom stereocenters. The van der Waals surface area contributed by atoms with Crippen molar-refractivity contribution >= 4 is 23.2 Å². The number of methoxy groups -OCH3 is 1. The minimum Gasteiger partial charge on any atom is -0.497 e. The van der Waals surface area contributed by atoms with Gasteiger partial charge in [0.15, 0.2) is 0 Å². The Bertz CT molecular complexity index is 881. The Kier molecular flexibility index (Phi) is 5.69. The molecule has 1 fully saturated rings. The van der Waals surface area contributed by atoms with Crippen LogP contribution in [-0.4, -0.2) is 38.1 Å². The van der Waals surface area contributed by atoms with Gasteiger partial charge in [-0.2, -0.15) is 0 Å². The van der Waals surface area contributed by atoms with Gasteiger partial charge in [0.25, 0.3) is 0 Å². The summed E-state index contributed by atoms with van der Waals surface area (Å²) in [5.74, 6) is 0.693. The third-order valence-corrected chi connectivity index (χ3v) is 5.77. The molecule has 2 aromatic carbocycles. The first-order chi connectivity index (χ1) is 14.2. The number of carbonyl (C=O) groups excluding carboxylic acids is 2. The highest BCUT2D eigenvalue weighted by Gasteiger charge is 2.35. The summed E-state index contributed by atoms with van der Waals surface area (Å²) in [7, 11) is 1.62. The molecule has 29 heavy (non-hydrogen) atoms. The molecule has 0 aromatic heterocycles. The fraction of sp³-hybridized carbons (Fsp3) is 0.391. The number of hydrogen-bond donors (Lipinski definition) is 1. The van der Waals surface area contributed by atoms with Gasteiger partial charge >= 0.3 is 0 Å². The summed E-state index contributed by atoms with van der Waals surface area (Å²) in [6, 6.07) is 16.0. The van der Waals surface area contributed by atoms with Crippen molar-refractivity contribution < 1.29 is 14.3 Å². The standard InChI is InChI=1S/C23H27N3O3/c1-29-19-10-8-17(9-11-19)15-24-22(27)12-13-23(28)26-16-18-5-4-14-25(18)20-6-2-3-7-21(20)26/h2-3,6-11,18H,4-5,12-16H2,1H3,(H,24,27). The molecule has 0 radical (unpaired) electrons. The maximum atomic E-state index is 12.9. The summed E-state index contributed by atoms with van der Waals surface area (Å²) < 4.78 is 5.14. The van der Waals surface area contributed by atoms with Crippen LogP contribution in [0.1, 0.15) is 31.2 Å². The summed E-state index contributed by atoms with van der Waals surface area (Å²) in [5.41, 5.74) is 3.10. The molecule has 4 rings (SSSR count). The zero-order chi connectivity index (χ0) is 20.2. The second-order valence-corrected chi connectivity index (χ2v) is 7.61. The van der Waals surface area contributed by atoms with Crippen LogP contribution in [0.25, 0.3) is 0 Å². The molecule has 2 heterocycles. The van der Waals surface area contributed by atoms with Crippen molar-refractivity contribution in [2.45, 2.75) is 38.3 Å². The molecule has 0 aliphatic carbocycles. The van der Waals surface area contributed by atoms with Gasteiger partial charge in [-0.15, -0.1) is 0 Å². The molecule has 2 aliphatic rings. The van der Waals surface area contributed by atoms with E-state index in [0.29, 0.717) is 19.1 Å². The van der Waals surface area contributed by atoms with Crippen molar-refractivity contribution in [2.24, 2.45) is 0 Å². The second-order valence-electron chi connectivity index (χ2n) is 7.61. The third-order valence-electron chi connectivity index (χ3n) is 5.77. The number of benzene rings is 2. The molecular weight excluding hydrogens is 366 g/mol. The third kappa shape index (κ3) is 4.21. The van der Waals surface area contributed by atoms with E-state index in [1.165, 1.54) is 0 Å². The number of carbonyl (C=O) groups is 2. The van der Waals surface area contributed by atoms with Crippen LogP contribution >= 0.6 is 0 Å². The molecule has 2 aromatic rings. The maximum Gasteiger partial charge on any atom is 0.227 e. The van der Waals surface area contributed by atoms with Crippen LogP contribution in [0.4, 0.5) is 11.4 Å². The molecule has 0 spiro atoms. The van der Waals surface area contributed by atoms with Crippen LogP contribution in [0.5, 0.6) is 5.75 Å². The molecule has 1 unspecified atom stereocenters. The van der Waals surface area contributed by atoms with E-state index >= 15 is 0 Å². The Morgan fingerprint density at radius 1 is 1.07 bits per heavy atom. The van der Waals surface area contributed by atoms with E-state index in [1.807, 2.05) is 47.4 Å². The highest BCUT2D eigenvalue weighted by molar-refractivity contribution is 5.99. The molecule has 1 saturated heterocycles. The van der Waals surface area contributed by atoms with E-state index in [2.05, 4.69) is 16.3 Å². The number of rotatable bonds is 6. The van der Waals surface area contributed by atoms with E-state index < -0.39 is 0 Å². The van der Waals surface area contributed by atoms with Crippen LogP contribution in [0.3, 0.4) is 0 Å². The quantitative estimate of drug-likeness (QED) is 0.819. The van der Waals surface area contributed by atoms with Gasteiger partial charge in [0.2, 0.25) is 11.8 Å². The molecule has 2 amide bonds. The van der Waals surface area contributed by atoms with E-state index in [1.54, 1.807) is 7.11 Å². The molecule has 0 bridgehead atoms. The molecule has 1 N–H and O–H groups in total. The van der Waals surface area contributed by atoms with E-state index in [-0.39, 0.29) is 24.7 Å². The van der Waals surface area contributed by atoms with Gasteiger partial charge in [0.1, 0.15) is 5.75 Å². The minimum atomic E-state index is -0.109. The molecular formula is C23H27N3O3. The Morgan fingerprint density at radius 3 is 2.59 bits per heavy atom. The zero-order valence-electron chi connectivity index (χ0n) is 16.8. The summed E-state index contributed by atoms with van der Waals surface area (Å²) >= 11 is 0. The van der Waals surface area contributed by atoms with Crippen molar-refractivity contribution in [1.82, 2.24) is 5.32 Å². The van der Waals surface area contributed by atoms with Crippen molar-refractivity contribution in [3.63, 3.8) is 0 Å². The monoisotopic (exact) mass is 393 g/mol. The van der Waals surface area contributed by atoms with Gasteiger partial charge in [-0.05, 0) is 42.7 Å². The Morgan fingerprint density at radius 2 is 1.83 bits per heavy atom. The van der Waals surface area contributed by atoms with E-state index in [4.69, 9.17) is 4.74 Å². The molecule has 6 nitrogen and oxygen atoms in total. The van der Waals surface area contributed by atoms with Crippen LogP contribution in [-0.2, 0) is 16.1 Å². The smallest absolute Gasteiger partial charge is 0.227 e. The van der Waals surface area contributed by atoms with Gasteiger partial charge in [0, 0.05) is 38.5 Å². The first kappa shape index (κ1) is 19.3. The fourth-order valence-corrected chi connectivity index (χ4v) is 4.21. The zero-order valence-corrected chi connectivity index (χ0v) is 16.8. The predicted molar refractivity (Wildman–Crippen MR) is 113 cm³/mol. The van der Waals surface area contributed by atoms with Gasteiger partial charge in [-0.3, -0.25) is 9.59 Å². The fourth-order valence-electron chi connectivity index (χ4n) is 4.21. The summed E-state index contributed by atoms with van der Waals surface area (Å²) in [4.78, 5) is 29.4. The lowest BCUT2D eigenvalue weighted by Gasteiger charge is -2.40. The highest BCUT2D eigenvalue weighted by atomic mass is 16.5. The molecule has 152 valence electrons. The number of nitrogens with zero attached hydrogens (tertiary/aromatic N) is 2. The lowest BCUT2D eigenvalue weighted by molar-refractivity contribution is -0.125. The number of nitrogens with one attached hydrogen (secondary N) is 1. The van der Waals surface area contributed by atoms with E-state index in [9.17, 15) is 9.59 Å². The first-order valence-electron chi connectivity index (χ1n) is 10.2. The Labute approximate surface area is 171 Å². The normalized spacial score (nSPS) is 17.5.